The third-order valence-electron chi connectivity index (χ3n) is 5.43. The highest BCUT2D eigenvalue weighted by Gasteiger charge is 2.18. The van der Waals surface area contributed by atoms with E-state index in [4.69, 9.17) is 9.26 Å². The van der Waals surface area contributed by atoms with E-state index in [0.717, 1.165) is 29.7 Å². The highest BCUT2D eigenvalue weighted by molar-refractivity contribution is 7.98. The van der Waals surface area contributed by atoms with Crippen molar-refractivity contribution in [1.82, 2.24) is 29.3 Å². The smallest absolute Gasteiger partial charge is 0.262 e. The maximum Gasteiger partial charge on any atom is 0.262 e. The lowest BCUT2D eigenvalue weighted by Crippen LogP contribution is -2.23. The quantitative estimate of drug-likeness (QED) is 0.285. The van der Waals surface area contributed by atoms with Gasteiger partial charge in [-0.1, -0.05) is 42.4 Å². The van der Waals surface area contributed by atoms with Crippen LogP contribution in [0.25, 0.3) is 28.1 Å². The predicted octanol–water partition coefficient (Wildman–Crippen LogP) is 4.59. The third kappa shape index (κ3) is 4.16. The third-order valence-corrected chi connectivity index (χ3v) is 6.34. The van der Waals surface area contributed by atoms with Gasteiger partial charge in [0.15, 0.2) is 5.16 Å². The van der Waals surface area contributed by atoms with E-state index in [1.54, 1.807) is 4.57 Å². The number of ether oxygens (including phenoxy) is 1. The Balaban J connectivity index is 1.43. The zero-order valence-corrected chi connectivity index (χ0v) is 19.8. The Morgan fingerprint density at radius 2 is 1.88 bits per heavy atom. The minimum atomic E-state index is -0.0441. The van der Waals surface area contributed by atoms with Crippen molar-refractivity contribution >= 4 is 28.4 Å². The number of para-hydroxylation sites is 1. The Hall–Kier alpha value is -3.66. The molecule has 3 aromatic heterocycles. The molecule has 0 fully saturated rings. The summed E-state index contributed by atoms with van der Waals surface area (Å²) in [7, 11) is 0. The van der Waals surface area contributed by atoms with E-state index in [2.05, 4.69) is 27.3 Å². The number of aryl methyl sites for hydroxylation is 1. The van der Waals surface area contributed by atoms with Crippen LogP contribution in [-0.4, -0.2) is 35.9 Å². The average Bonchev–Trinajstić information content (AvgIpc) is 3.51. The van der Waals surface area contributed by atoms with Gasteiger partial charge >= 0.3 is 0 Å². The molecule has 174 valence electrons. The van der Waals surface area contributed by atoms with E-state index >= 15 is 0 Å². The largest absolute Gasteiger partial charge is 0.494 e. The maximum absolute atomic E-state index is 13.1. The molecule has 0 saturated carbocycles. The van der Waals surface area contributed by atoms with Crippen molar-refractivity contribution in [2.24, 2.45) is 0 Å². The van der Waals surface area contributed by atoms with Gasteiger partial charge in [-0.3, -0.25) is 13.8 Å². The number of aromatic nitrogens is 6. The molecule has 34 heavy (non-hydrogen) atoms. The standard InChI is InChI=1S/C24H24N6O3S/c1-3-5-14-29-22(31)18-8-6-7-9-19(18)30-23(29)26-27-24(30)34-15-20-25-21(28-33-20)16-10-12-17(13-11-16)32-4-2/h6-13H,3-5,14-15H2,1-2H3. The van der Waals surface area contributed by atoms with Crippen LogP contribution in [0.2, 0.25) is 0 Å². The second-order valence-electron chi connectivity index (χ2n) is 7.70. The summed E-state index contributed by atoms with van der Waals surface area (Å²) < 4.78 is 14.6. The molecule has 0 N–H and O–H groups in total. The van der Waals surface area contributed by atoms with Crippen molar-refractivity contribution in [2.75, 3.05) is 6.61 Å². The van der Waals surface area contributed by atoms with Gasteiger partial charge in [0.2, 0.25) is 17.5 Å². The molecule has 0 aliphatic rings. The number of thioether (sulfide) groups is 1. The van der Waals surface area contributed by atoms with Crippen molar-refractivity contribution < 1.29 is 9.26 Å². The van der Waals surface area contributed by atoms with Crippen LogP contribution in [0.4, 0.5) is 0 Å². The second kappa shape index (κ2) is 9.68. The van der Waals surface area contributed by atoms with E-state index in [1.807, 2.05) is 59.9 Å². The first-order valence-corrected chi connectivity index (χ1v) is 12.2. The van der Waals surface area contributed by atoms with Crippen LogP contribution in [0.5, 0.6) is 5.75 Å². The van der Waals surface area contributed by atoms with E-state index in [0.29, 0.717) is 46.9 Å². The van der Waals surface area contributed by atoms with Gasteiger partial charge < -0.3 is 9.26 Å². The van der Waals surface area contributed by atoms with E-state index in [1.165, 1.54) is 11.8 Å². The number of fused-ring (bicyclic) bond motifs is 3. The molecule has 0 spiro atoms. The minimum absolute atomic E-state index is 0.0441. The van der Waals surface area contributed by atoms with Gasteiger partial charge in [-0.05, 0) is 49.7 Å². The molecular formula is C24H24N6O3S. The van der Waals surface area contributed by atoms with E-state index < -0.39 is 0 Å². The first-order valence-electron chi connectivity index (χ1n) is 11.2. The summed E-state index contributed by atoms with van der Waals surface area (Å²) in [4.78, 5) is 17.6. The zero-order valence-electron chi connectivity index (χ0n) is 19.0. The molecule has 0 amide bonds. The van der Waals surface area contributed by atoms with Gasteiger partial charge in [-0.15, -0.1) is 10.2 Å². The molecule has 0 radical (unpaired) electrons. The van der Waals surface area contributed by atoms with Gasteiger partial charge in [0, 0.05) is 12.1 Å². The monoisotopic (exact) mass is 476 g/mol. The molecule has 0 saturated heterocycles. The summed E-state index contributed by atoms with van der Waals surface area (Å²) in [5.41, 5.74) is 1.59. The van der Waals surface area contributed by atoms with Crippen molar-refractivity contribution in [3.8, 4) is 17.1 Å². The molecule has 0 aliphatic carbocycles. The molecule has 2 aromatic carbocycles. The fourth-order valence-electron chi connectivity index (χ4n) is 3.77. The Bertz CT molecular complexity index is 1490. The average molecular weight is 477 g/mol. The predicted molar refractivity (Wildman–Crippen MR) is 130 cm³/mol. The maximum atomic E-state index is 13.1. The van der Waals surface area contributed by atoms with Crippen LogP contribution in [-0.2, 0) is 12.3 Å². The van der Waals surface area contributed by atoms with Gasteiger partial charge in [-0.25, -0.2) is 0 Å². The summed E-state index contributed by atoms with van der Waals surface area (Å²) in [6, 6.07) is 15.1. The molecule has 5 rings (SSSR count). The van der Waals surface area contributed by atoms with E-state index in [9.17, 15) is 4.79 Å². The fourth-order valence-corrected chi connectivity index (χ4v) is 4.55. The van der Waals surface area contributed by atoms with Crippen molar-refractivity contribution in [3.63, 3.8) is 0 Å². The zero-order chi connectivity index (χ0) is 23.5. The number of nitrogens with zero attached hydrogens (tertiary/aromatic N) is 6. The lowest BCUT2D eigenvalue weighted by molar-refractivity contribution is 0.340. The lowest BCUT2D eigenvalue weighted by atomic mass is 10.2. The Morgan fingerprint density at radius 1 is 1.06 bits per heavy atom. The van der Waals surface area contributed by atoms with Crippen LogP contribution in [0.1, 0.15) is 32.6 Å². The number of unbranched alkanes of at least 4 members (excludes halogenated alkanes) is 1. The molecule has 0 aliphatic heterocycles. The Labute approximate surface area is 199 Å². The van der Waals surface area contributed by atoms with Crippen molar-refractivity contribution in [2.45, 2.75) is 44.1 Å². The number of rotatable bonds is 9. The SMILES string of the molecule is CCCCn1c(=O)c2ccccc2n2c(SCc3nc(-c4ccc(OCC)cc4)no3)nnc12. The number of hydrogen-bond donors (Lipinski definition) is 0. The second-order valence-corrected chi connectivity index (χ2v) is 8.65. The summed E-state index contributed by atoms with van der Waals surface area (Å²) in [5.74, 6) is 2.76. The molecule has 0 unspecified atom stereocenters. The van der Waals surface area contributed by atoms with Crippen LogP contribution < -0.4 is 10.3 Å². The van der Waals surface area contributed by atoms with Crippen LogP contribution in [0.15, 0.2) is 63.0 Å². The summed E-state index contributed by atoms with van der Waals surface area (Å²) >= 11 is 1.44. The minimum Gasteiger partial charge on any atom is -0.494 e. The highest BCUT2D eigenvalue weighted by atomic mass is 32.2. The van der Waals surface area contributed by atoms with Crippen LogP contribution in [0.3, 0.4) is 0 Å². The van der Waals surface area contributed by atoms with Gasteiger partial charge in [0.05, 0.1) is 23.3 Å². The first kappa shape index (κ1) is 22.1. The summed E-state index contributed by atoms with van der Waals surface area (Å²) in [5, 5.41) is 14.1. The molecule has 5 aromatic rings. The van der Waals surface area contributed by atoms with Gasteiger partial charge in [-0.2, -0.15) is 4.98 Å². The molecule has 10 heteroatoms. The normalized spacial score (nSPS) is 11.5. The van der Waals surface area contributed by atoms with Crippen LogP contribution in [0, 0.1) is 0 Å². The Kier molecular flexibility index (Phi) is 6.31. The van der Waals surface area contributed by atoms with Crippen molar-refractivity contribution in [3.05, 3.63) is 64.8 Å². The molecule has 0 bridgehead atoms. The van der Waals surface area contributed by atoms with E-state index in [-0.39, 0.29) is 5.56 Å². The molecule has 9 nitrogen and oxygen atoms in total. The first-order chi connectivity index (χ1) is 16.7. The van der Waals surface area contributed by atoms with Crippen molar-refractivity contribution in [1.29, 1.82) is 0 Å². The molecule has 3 heterocycles. The van der Waals surface area contributed by atoms with Gasteiger partial charge in [0.25, 0.3) is 5.56 Å². The highest BCUT2D eigenvalue weighted by Crippen LogP contribution is 2.26. The Morgan fingerprint density at radius 3 is 2.68 bits per heavy atom. The summed E-state index contributed by atoms with van der Waals surface area (Å²) in [6.07, 6.45) is 1.87. The molecular weight excluding hydrogens is 452 g/mol. The number of benzene rings is 2. The lowest BCUT2D eigenvalue weighted by Gasteiger charge is -2.10. The van der Waals surface area contributed by atoms with Crippen LogP contribution >= 0.6 is 11.8 Å². The number of hydrogen-bond acceptors (Lipinski definition) is 8. The summed E-state index contributed by atoms with van der Waals surface area (Å²) in [6.45, 7) is 5.26. The van der Waals surface area contributed by atoms with Gasteiger partial charge in [0.1, 0.15) is 5.75 Å². The molecule has 0 atom stereocenters. The topological polar surface area (TPSA) is 100 Å². The fraction of sp³-hybridized carbons (Fsp3) is 0.292.